The van der Waals surface area contributed by atoms with Crippen LogP contribution in [-0.2, 0) is 4.74 Å². The van der Waals surface area contributed by atoms with Gasteiger partial charge in [-0.15, -0.1) is 0 Å². The summed E-state index contributed by atoms with van der Waals surface area (Å²) >= 11 is 0. The summed E-state index contributed by atoms with van der Waals surface area (Å²) < 4.78 is 5.36. The van der Waals surface area contributed by atoms with Gasteiger partial charge >= 0.3 is 0 Å². The van der Waals surface area contributed by atoms with E-state index in [0.717, 1.165) is 13.0 Å². The average Bonchev–Trinajstić information content (AvgIpc) is 2.39. The average molecular weight is 153 g/mol. The Morgan fingerprint density at radius 1 is 1.55 bits per heavy atom. The lowest BCUT2D eigenvalue weighted by Gasteiger charge is -1.98. The topological polar surface area (TPSA) is 21.6 Å². The minimum atomic E-state index is 0.269. The second-order valence-electron chi connectivity index (χ2n) is 3.06. The predicted octanol–water partition coefficient (Wildman–Crippen LogP) is 2.16. The Labute approximate surface area is 68.0 Å². The van der Waals surface area contributed by atoms with E-state index in [2.05, 4.69) is 4.99 Å². The zero-order valence-electron chi connectivity index (χ0n) is 7.21. The molecule has 0 aromatic heterocycles. The lowest BCUT2D eigenvalue weighted by molar-refractivity contribution is 0.162. The van der Waals surface area contributed by atoms with Gasteiger partial charge in [0.05, 0.1) is 6.10 Å². The molecule has 11 heavy (non-hydrogen) atoms. The second kappa shape index (κ2) is 4.29. The number of ether oxygens (including phenoxy) is 1. The fourth-order valence-electron chi connectivity index (χ4n) is 1.01. The van der Waals surface area contributed by atoms with Crippen LogP contribution in [0.5, 0.6) is 0 Å². The fourth-order valence-corrected chi connectivity index (χ4v) is 1.01. The molecule has 1 saturated heterocycles. The molecule has 0 saturated carbocycles. The van der Waals surface area contributed by atoms with Gasteiger partial charge < -0.3 is 4.74 Å². The van der Waals surface area contributed by atoms with Crippen molar-refractivity contribution >= 4 is 6.21 Å². The molecule has 0 bridgehead atoms. The Balaban J connectivity index is 2.28. The summed E-state index contributed by atoms with van der Waals surface area (Å²) in [5.41, 5.74) is 1.22. The first-order valence-electron chi connectivity index (χ1n) is 4.07. The number of hydrogen-bond donors (Lipinski definition) is 0. The third-order valence-corrected chi connectivity index (χ3v) is 1.55. The van der Waals surface area contributed by atoms with Crippen LogP contribution in [0, 0.1) is 0 Å². The van der Waals surface area contributed by atoms with E-state index in [9.17, 15) is 0 Å². The van der Waals surface area contributed by atoms with E-state index < -0.39 is 0 Å². The van der Waals surface area contributed by atoms with Crippen molar-refractivity contribution in [3.05, 3.63) is 11.8 Å². The molecule has 1 rings (SSSR count). The summed E-state index contributed by atoms with van der Waals surface area (Å²) in [4.78, 5) is 4.14. The molecule has 62 valence electrons. The number of nitrogens with zero attached hydrogens (tertiary/aromatic N) is 1. The molecular formula is C9H15NO. The molecule has 0 amide bonds. The van der Waals surface area contributed by atoms with Gasteiger partial charge in [-0.05, 0) is 26.7 Å². The van der Waals surface area contributed by atoms with E-state index in [1.54, 1.807) is 0 Å². The first-order chi connectivity index (χ1) is 5.29. The van der Waals surface area contributed by atoms with Crippen molar-refractivity contribution in [1.29, 1.82) is 0 Å². The van der Waals surface area contributed by atoms with E-state index in [0.29, 0.717) is 0 Å². The van der Waals surface area contributed by atoms with Crippen LogP contribution in [0.25, 0.3) is 0 Å². The predicted molar refractivity (Wildman–Crippen MR) is 46.9 cm³/mol. The molecule has 1 unspecified atom stereocenters. The van der Waals surface area contributed by atoms with Gasteiger partial charge in [-0.1, -0.05) is 5.57 Å². The third kappa shape index (κ3) is 3.33. The van der Waals surface area contributed by atoms with Crippen molar-refractivity contribution in [3.63, 3.8) is 0 Å². The summed E-state index contributed by atoms with van der Waals surface area (Å²) in [7, 11) is 0. The van der Waals surface area contributed by atoms with Crippen LogP contribution in [-0.4, -0.2) is 18.9 Å². The highest BCUT2D eigenvalue weighted by Crippen LogP contribution is 2.09. The van der Waals surface area contributed by atoms with Crippen molar-refractivity contribution in [1.82, 2.24) is 0 Å². The Morgan fingerprint density at radius 3 is 2.91 bits per heavy atom. The molecule has 0 N–H and O–H groups in total. The molecule has 0 spiro atoms. The highest BCUT2D eigenvalue weighted by molar-refractivity contribution is 5.64. The van der Waals surface area contributed by atoms with E-state index in [-0.39, 0.29) is 6.10 Å². The molecule has 2 heteroatoms. The number of hydrogen-bond acceptors (Lipinski definition) is 2. The zero-order valence-corrected chi connectivity index (χ0v) is 7.21. The molecule has 1 heterocycles. The molecule has 1 fully saturated rings. The van der Waals surface area contributed by atoms with Crippen molar-refractivity contribution in [2.75, 3.05) is 6.61 Å². The maximum Gasteiger partial charge on any atom is 0.0926 e. The van der Waals surface area contributed by atoms with Crippen molar-refractivity contribution in [3.8, 4) is 0 Å². The van der Waals surface area contributed by atoms with Gasteiger partial charge in [-0.25, -0.2) is 0 Å². The van der Waals surface area contributed by atoms with Crippen LogP contribution in [0.2, 0.25) is 0 Å². The monoisotopic (exact) mass is 153 g/mol. The van der Waals surface area contributed by atoms with Crippen molar-refractivity contribution in [2.24, 2.45) is 4.99 Å². The van der Waals surface area contributed by atoms with Crippen molar-refractivity contribution in [2.45, 2.75) is 32.8 Å². The van der Waals surface area contributed by atoms with E-state index in [1.807, 2.05) is 26.3 Å². The Hall–Kier alpha value is -0.630. The summed E-state index contributed by atoms with van der Waals surface area (Å²) in [5, 5.41) is 0. The molecule has 0 radical (unpaired) electrons. The molecule has 0 aromatic carbocycles. The van der Waals surface area contributed by atoms with E-state index in [4.69, 9.17) is 4.74 Å². The van der Waals surface area contributed by atoms with E-state index in [1.165, 1.54) is 12.0 Å². The minimum Gasteiger partial charge on any atom is -0.373 e. The van der Waals surface area contributed by atoms with Crippen LogP contribution in [0.15, 0.2) is 16.8 Å². The highest BCUT2D eigenvalue weighted by atomic mass is 16.5. The molecule has 2 nitrogen and oxygen atoms in total. The quantitative estimate of drug-likeness (QED) is 0.557. The maximum atomic E-state index is 5.36. The second-order valence-corrected chi connectivity index (χ2v) is 3.06. The number of aliphatic imine (C=N–C) groups is 1. The lowest BCUT2D eigenvalue weighted by Crippen LogP contribution is -2.04. The first-order valence-corrected chi connectivity index (χ1v) is 4.07. The molecule has 1 atom stereocenters. The number of rotatable bonds is 2. The van der Waals surface area contributed by atoms with Crippen LogP contribution in [0.4, 0.5) is 0 Å². The zero-order chi connectivity index (χ0) is 8.10. The Bertz CT molecular complexity index is 162. The molecular weight excluding hydrogens is 138 g/mol. The summed E-state index contributed by atoms with van der Waals surface area (Å²) in [6, 6.07) is 0. The van der Waals surface area contributed by atoms with Crippen LogP contribution >= 0.6 is 0 Å². The van der Waals surface area contributed by atoms with Gasteiger partial charge in [0.25, 0.3) is 0 Å². The normalized spacial score (nSPS) is 24.4. The minimum absolute atomic E-state index is 0.269. The van der Waals surface area contributed by atoms with Gasteiger partial charge in [0.2, 0.25) is 0 Å². The van der Waals surface area contributed by atoms with Crippen LogP contribution in [0.1, 0.15) is 26.7 Å². The summed E-state index contributed by atoms with van der Waals surface area (Å²) in [5.74, 6) is 0. The molecule has 0 aliphatic carbocycles. The maximum absolute atomic E-state index is 5.36. The van der Waals surface area contributed by atoms with Gasteiger partial charge in [-0.2, -0.15) is 0 Å². The highest BCUT2D eigenvalue weighted by Gasteiger charge is 2.11. The van der Waals surface area contributed by atoms with Gasteiger partial charge in [0.15, 0.2) is 0 Å². The molecule has 1 aliphatic heterocycles. The largest absolute Gasteiger partial charge is 0.373 e. The van der Waals surface area contributed by atoms with Crippen LogP contribution in [0.3, 0.4) is 0 Å². The van der Waals surface area contributed by atoms with E-state index >= 15 is 0 Å². The molecule has 1 aliphatic rings. The lowest BCUT2D eigenvalue weighted by atomic mass is 10.2. The SMILES string of the molecule is CC(C)=CN=CC1CCCO1. The van der Waals surface area contributed by atoms with Crippen LogP contribution < -0.4 is 0 Å². The summed E-state index contributed by atoms with van der Waals surface area (Å²) in [6.07, 6.45) is 6.32. The first kappa shape index (κ1) is 8.47. The van der Waals surface area contributed by atoms with Gasteiger partial charge in [-0.3, -0.25) is 4.99 Å². The fraction of sp³-hybridized carbons (Fsp3) is 0.667. The molecule has 0 aromatic rings. The van der Waals surface area contributed by atoms with Gasteiger partial charge in [0.1, 0.15) is 0 Å². The third-order valence-electron chi connectivity index (χ3n) is 1.55. The van der Waals surface area contributed by atoms with Gasteiger partial charge in [0, 0.05) is 19.0 Å². The Kier molecular flexibility index (Phi) is 3.30. The standard InChI is InChI=1S/C9H15NO/c1-8(2)6-10-7-9-4-3-5-11-9/h6-7,9H,3-5H2,1-2H3. The smallest absolute Gasteiger partial charge is 0.0926 e. The Morgan fingerprint density at radius 2 is 2.36 bits per heavy atom. The number of allylic oxidation sites excluding steroid dienone is 1. The summed E-state index contributed by atoms with van der Waals surface area (Å²) in [6.45, 7) is 4.96. The van der Waals surface area contributed by atoms with Crippen molar-refractivity contribution < 1.29 is 4.74 Å².